The summed E-state index contributed by atoms with van der Waals surface area (Å²) in [4.78, 5) is 59.4. The van der Waals surface area contributed by atoms with Crippen LogP contribution in [0, 0.1) is 18.8 Å². The lowest BCUT2D eigenvalue weighted by atomic mass is 9.70. The summed E-state index contributed by atoms with van der Waals surface area (Å²) < 4.78 is 12.2. The molecule has 10 nitrogen and oxygen atoms in total. The van der Waals surface area contributed by atoms with E-state index in [2.05, 4.69) is 18.5 Å². The number of allylic oxidation sites excluding steroid dienone is 1. The van der Waals surface area contributed by atoms with Gasteiger partial charge in [0.25, 0.3) is 5.91 Å². The number of aliphatic hydroxyl groups excluding tert-OH is 1. The average Bonchev–Trinajstić information content (AvgIpc) is 3.76. The van der Waals surface area contributed by atoms with Crippen LogP contribution in [0.2, 0.25) is 5.02 Å². The topological polar surface area (TPSA) is 125 Å². The lowest BCUT2D eigenvalue weighted by Crippen LogP contribution is -2.56. The van der Waals surface area contributed by atoms with E-state index in [9.17, 15) is 24.3 Å². The lowest BCUT2D eigenvalue weighted by molar-refractivity contribution is -0.146. The molecule has 3 aliphatic heterocycles. The van der Waals surface area contributed by atoms with Gasteiger partial charge in [-0.2, -0.15) is 0 Å². The first-order valence-electron chi connectivity index (χ1n) is 17.6. The van der Waals surface area contributed by atoms with Crippen LogP contribution in [-0.4, -0.2) is 77.7 Å². The normalized spacial score (nSPS) is 24.1. The van der Waals surface area contributed by atoms with E-state index in [-0.39, 0.29) is 43.9 Å². The number of para-hydroxylation sites is 1. The van der Waals surface area contributed by atoms with Gasteiger partial charge in [-0.15, -0.1) is 13.2 Å². The van der Waals surface area contributed by atoms with Gasteiger partial charge in [0.15, 0.2) is 0 Å². The van der Waals surface area contributed by atoms with Crippen molar-refractivity contribution in [1.82, 2.24) is 10.2 Å². The molecule has 3 aliphatic rings. The van der Waals surface area contributed by atoms with Gasteiger partial charge in [-0.25, -0.2) is 0 Å². The van der Waals surface area contributed by atoms with Crippen LogP contribution in [-0.2, 0) is 28.7 Å². The van der Waals surface area contributed by atoms with Crippen molar-refractivity contribution in [2.45, 2.75) is 82.1 Å². The number of halogens is 1. The molecule has 0 aromatic heterocycles. The van der Waals surface area contributed by atoms with Crippen LogP contribution in [0.4, 0.5) is 5.69 Å². The largest absolute Gasteiger partial charge is 0.463 e. The summed E-state index contributed by atoms with van der Waals surface area (Å²) in [6.07, 6.45) is 7.15. The van der Waals surface area contributed by atoms with Crippen molar-refractivity contribution in [1.29, 1.82) is 0 Å². The minimum absolute atomic E-state index is 0.0808. The van der Waals surface area contributed by atoms with Crippen LogP contribution in [0.25, 0.3) is 0 Å². The highest BCUT2D eigenvalue weighted by Crippen LogP contribution is 2.59. The Morgan fingerprint density at radius 2 is 1.88 bits per heavy atom. The highest BCUT2D eigenvalue weighted by Gasteiger charge is 2.74. The van der Waals surface area contributed by atoms with E-state index in [0.29, 0.717) is 49.4 Å². The first kappa shape index (κ1) is 37.3. The van der Waals surface area contributed by atoms with Gasteiger partial charge in [-0.3, -0.25) is 19.2 Å². The molecule has 2 bridgehead atoms. The van der Waals surface area contributed by atoms with Crippen LogP contribution in [0.15, 0.2) is 73.8 Å². The van der Waals surface area contributed by atoms with Crippen molar-refractivity contribution in [2.24, 2.45) is 11.8 Å². The van der Waals surface area contributed by atoms with Crippen molar-refractivity contribution in [3.05, 3.63) is 90.0 Å². The van der Waals surface area contributed by atoms with Crippen molar-refractivity contribution in [2.75, 3.05) is 31.2 Å². The van der Waals surface area contributed by atoms with Gasteiger partial charge in [0, 0.05) is 26.1 Å². The zero-order chi connectivity index (χ0) is 35.8. The quantitative estimate of drug-likeness (QED) is 0.120. The van der Waals surface area contributed by atoms with Gasteiger partial charge < -0.3 is 29.7 Å². The van der Waals surface area contributed by atoms with Gasteiger partial charge in [-0.1, -0.05) is 79.1 Å². The number of aryl methyl sites for hydroxylation is 1. The molecule has 0 unspecified atom stereocenters. The van der Waals surface area contributed by atoms with Gasteiger partial charge in [0.1, 0.15) is 18.2 Å². The number of anilines is 1. The molecule has 3 heterocycles. The van der Waals surface area contributed by atoms with E-state index in [1.54, 1.807) is 28.0 Å². The number of fused-ring (bicyclic) bond motifs is 1. The highest BCUT2D eigenvalue weighted by atomic mass is 35.5. The summed E-state index contributed by atoms with van der Waals surface area (Å²) in [5.74, 6) is -3.12. The molecular formula is C39H48ClN3O7. The van der Waals surface area contributed by atoms with E-state index in [4.69, 9.17) is 21.1 Å². The molecule has 0 saturated carbocycles. The first-order valence-corrected chi connectivity index (χ1v) is 17.9. The van der Waals surface area contributed by atoms with E-state index < -0.39 is 41.6 Å². The zero-order valence-electron chi connectivity index (χ0n) is 28.7. The number of ether oxygens (including phenoxy) is 2. The van der Waals surface area contributed by atoms with Gasteiger partial charge >= 0.3 is 5.97 Å². The van der Waals surface area contributed by atoms with Gasteiger partial charge in [0.05, 0.1) is 34.7 Å². The molecule has 2 aromatic carbocycles. The van der Waals surface area contributed by atoms with Gasteiger partial charge in [0.2, 0.25) is 11.8 Å². The standard InChI is InChI=1S/C39H48ClN3O7/c1-4-6-19-31(45)49-25-29(27-16-10-9-11-17-27)41-36(46)32-30-20-21-39(50-30)33(32)37(47)43(23-12-7-8-13-24-44)35(39)38(48)42(22-5-2)34-26(3)15-14-18-28(34)40/h4-5,9-11,14-18,29-30,32-33,35,44H,1-2,6-8,12-13,19-25H2,3H3,(H,41,46)/t29-,30+,32-,33-,35+,39-/m0/s1. The average molecular weight is 706 g/mol. The summed E-state index contributed by atoms with van der Waals surface area (Å²) in [5, 5.41) is 12.8. The van der Waals surface area contributed by atoms with Gasteiger partial charge in [-0.05, 0) is 56.2 Å². The fourth-order valence-electron chi connectivity index (χ4n) is 7.90. The van der Waals surface area contributed by atoms with E-state index in [1.165, 1.54) is 0 Å². The van der Waals surface area contributed by atoms with E-state index in [0.717, 1.165) is 24.0 Å². The second-order valence-corrected chi connectivity index (χ2v) is 13.8. The molecule has 3 saturated heterocycles. The molecule has 1 spiro atoms. The Morgan fingerprint density at radius 3 is 2.58 bits per heavy atom. The minimum Gasteiger partial charge on any atom is -0.463 e. The smallest absolute Gasteiger partial charge is 0.306 e. The number of unbranched alkanes of at least 4 members (excludes halogenated alkanes) is 3. The molecule has 0 aliphatic carbocycles. The maximum Gasteiger partial charge on any atom is 0.306 e. The molecule has 3 fully saturated rings. The summed E-state index contributed by atoms with van der Waals surface area (Å²) >= 11 is 6.68. The molecule has 11 heteroatoms. The van der Waals surface area contributed by atoms with Crippen molar-refractivity contribution < 1.29 is 33.8 Å². The van der Waals surface area contributed by atoms with Crippen LogP contribution >= 0.6 is 11.6 Å². The highest BCUT2D eigenvalue weighted by molar-refractivity contribution is 6.34. The number of hydrogen-bond donors (Lipinski definition) is 2. The SMILES string of the molecule is C=CCCC(=O)OC[C@H](NC(=O)[C@@H]1[C@H]2C(=O)N(CCCCCCO)[C@H](C(=O)N(CC=C)c3c(C)cccc3Cl)[C@]23CC[C@H]1O3)c1ccccc1. The third kappa shape index (κ3) is 7.53. The Balaban J connectivity index is 1.46. The number of aliphatic hydroxyl groups is 1. The molecule has 3 amide bonds. The number of benzene rings is 2. The summed E-state index contributed by atoms with van der Waals surface area (Å²) in [5.41, 5.74) is 0.888. The molecule has 0 radical (unpaired) electrons. The number of nitrogens with zero attached hydrogens (tertiary/aromatic N) is 2. The number of hydrogen-bond acceptors (Lipinski definition) is 7. The Labute approximate surface area is 299 Å². The maximum atomic E-state index is 14.9. The molecule has 50 heavy (non-hydrogen) atoms. The Kier molecular flexibility index (Phi) is 12.5. The van der Waals surface area contributed by atoms with E-state index in [1.807, 2.05) is 49.4 Å². The molecule has 2 N–H and O–H groups in total. The number of esters is 1. The number of amides is 3. The number of carbonyl (C=O) groups is 4. The fraction of sp³-hybridized carbons (Fsp3) is 0.487. The Hall–Kier alpha value is -3.99. The van der Waals surface area contributed by atoms with Crippen molar-refractivity contribution in [3.8, 4) is 0 Å². The number of carbonyl (C=O) groups excluding carboxylic acids is 4. The Morgan fingerprint density at radius 1 is 1.12 bits per heavy atom. The molecular weight excluding hydrogens is 658 g/mol. The Bertz CT molecular complexity index is 1550. The molecule has 2 aromatic rings. The second kappa shape index (κ2) is 16.8. The van der Waals surface area contributed by atoms with Crippen LogP contribution in [0.3, 0.4) is 0 Å². The predicted octanol–water partition coefficient (Wildman–Crippen LogP) is 5.46. The zero-order valence-corrected chi connectivity index (χ0v) is 29.5. The second-order valence-electron chi connectivity index (χ2n) is 13.4. The lowest BCUT2D eigenvalue weighted by Gasteiger charge is -2.37. The summed E-state index contributed by atoms with van der Waals surface area (Å²) in [7, 11) is 0. The third-order valence-corrected chi connectivity index (χ3v) is 10.5. The summed E-state index contributed by atoms with van der Waals surface area (Å²) in [6, 6.07) is 13.0. The maximum absolute atomic E-state index is 14.9. The number of nitrogens with one attached hydrogen (secondary N) is 1. The third-order valence-electron chi connectivity index (χ3n) is 10.2. The minimum atomic E-state index is -1.21. The molecule has 6 atom stereocenters. The summed E-state index contributed by atoms with van der Waals surface area (Å²) in [6.45, 7) is 9.89. The monoisotopic (exact) mass is 705 g/mol. The molecule has 268 valence electrons. The van der Waals surface area contributed by atoms with Crippen LogP contribution < -0.4 is 10.2 Å². The first-order chi connectivity index (χ1) is 24.2. The fourth-order valence-corrected chi connectivity index (χ4v) is 8.22. The van der Waals surface area contributed by atoms with Crippen molar-refractivity contribution >= 4 is 41.0 Å². The molecule has 5 rings (SSSR count). The van der Waals surface area contributed by atoms with Crippen molar-refractivity contribution in [3.63, 3.8) is 0 Å². The number of likely N-dealkylation sites (tertiary alicyclic amines) is 1. The van der Waals surface area contributed by atoms with Crippen LogP contribution in [0.1, 0.15) is 68.5 Å². The number of rotatable bonds is 18. The van der Waals surface area contributed by atoms with E-state index >= 15 is 0 Å². The predicted molar refractivity (Wildman–Crippen MR) is 191 cm³/mol. The van der Waals surface area contributed by atoms with Crippen LogP contribution in [0.5, 0.6) is 0 Å².